The summed E-state index contributed by atoms with van der Waals surface area (Å²) in [5.41, 5.74) is 3.20. The maximum Gasteiger partial charge on any atom is 0.150 e. The lowest BCUT2D eigenvalue weighted by molar-refractivity contribution is 0.312. The molecule has 0 fully saturated rings. The van der Waals surface area contributed by atoms with Gasteiger partial charge in [0.05, 0.1) is 12.2 Å². The van der Waals surface area contributed by atoms with Crippen molar-refractivity contribution in [2.24, 2.45) is 0 Å². The second kappa shape index (κ2) is 3.56. The van der Waals surface area contributed by atoms with Crippen LogP contribution in [0.15, 0.2) is 30.6 Å². The van der Waals surface area contributed by atoms with E-state index in [-0.39, 0.29) is 0 Å². The van der Waals surface area contributed by atoms with Crippen molar-refractivity contribution in [3.8, 4) is 16.9 Å². The number of hydrogen-bond donors (Lipinski definition) is 0. The van der Waals surface area contributed by atoms with Crippen molar-refractivity contribution in [2.45, 2.75) is 0 Å². The SMILES string of the molecule is CN1CCOc2c(-c3cn[n-]c3)cccc21. The van der Waals surface area contributed by atoms with Gasteiger partial charge >= 0.3 is 0 Å². The summed E-state index contributed by atoms with van der Waals surface area (Å²) in [6.07, 6.45) is 3.52. The molecule has 0 radical (unpaired) electrons. The number of aromatic nitrogens is 2. The van der Waals surface area contributed by atoms with Gasteiger partial charge in [-0.3, -0.25) is 0 Å². The van der Waals surface area contributed by atoms with E-state index >= 15 is 0 Å². The van der Waals surface area contributed by atoms with E-state index in [2.05, 4.69) is 28.2 Å². The largest absolute Gasteiger partial charge is 0.581 e. The maximum atomic E-state index is 5.75. The third-order valence-electron chi connectivity index (χ3n) is 2.85. The molecular formula is C12H12N3O-. The molecule has 16 heavy (non-hydrogen) atoms. The molecule has 0 saturated heterocycles. The van der Waals surface area contributed by atoms with Crippen LogP contribution in [0.3, 0.4) is 0 Å². The van der Waals surface area contributed by atoms with Gasteiger partial charge in [0.2, 0.25) is 0 Å². The number of para-hydroxylation sites is 1. The monoisotopic (exact) mass is 214 g/mol. The molecule has 0 N–H and O–H groups in total. The number of ether oxygens (including phenoxy) is 1. The number of hydrogen-bond acceptors (Lipinski definition) is 3. The van der Waals surface area contributed by atoms with E-state index in [9.17, 15) is 0 Å². The van der Waals surface area contributed by atoms with Gasteiger partial charge in [-0.05, 0) is 11.6 Å². The smallest absolute Gasteiger partial charge is 0.150 e. The molecule has 0 bridgehead atoms. The van der Waals surface area contributed by atoms with Crippen LogP contribution in [0, 0.1) is 0 Å². The second-order valence-electron chi connectivity index (χ2n) is 3.87. The number of benzene rings is 1. The van der Waals surface area contributed by atoms with E-state index in [4.69, 9.17) is 4.74 Å². The average Bonchev–Trinajstić information content (AvgIpc) is 2.82. The van der Waals surface area contributed by atoms with Crippen LogP contribution < -0.4 is 14.7 Å². The zero-order chi connectivity index (χ0) is 11.0. The van der Waals surface area contributed by atoms with E-state index in [1.165, 1.54) is 0 Å². The molecule has 0 amide bonds. The maximum absolute atomic E-state index is 5.75. The highest BCUT2D eigenvalue weighted by Gasteiger charge is 2.18. The summed E-state index contributed by atoms with van der Waals surface area (Å²) < 4.78 is 5.75. The Kier molecular flexibility index (Phi) is 2.06. The Morgan fingerprint density at radius 3 is 3.19 bits per heavy atom. The van der Waals surface area contributed by atoms with Gasteiger partial charge in [0.15, 0.2) is 0 Å². The minimum Gasteiger partial charge on any atom is -0.581 e. The fourth-order valence-electron chi connectivity index (χ4n) is 1.97. The Morgan fingerprint density at radius 1 is 1.44 bits per heavy atom. The first-order valence-corrected chi connectivity index (χ1v) is 5.27. The van der Waals surface area contributed by atoms with E-state index in [1.54, 1.807) is 12.4 Å². The Hall–Kier alpha value is -1.97. The lowest BCUT2D eigenvalue weighted by atomic mass is 10.1. The first-order valence-electron chi connectivity index (χ1n) is 5.27. The Bertz CT molecular complexity index is 493. The molecule has 82 valence electrons. The predicted octanol–water partition coefficient (Wildman–Crippen LogP) is 1.53. The topological polar surface area (TPSA) is 39.5 Å². The summed E-state index contributed by atoms with van der Waals surface area (Å²) in [4.78, 5) is 2.20. The number of anilines is 1. The van der Waals surface area contributed by atoms with Crippen molar-refractivity contribution in [2.75, 3.05) is 25.1 Å². The van der Waals surface area contributed by atoms with Gasteiger partial charge in [0, 0.05) is 18.8 Å². The Balaban J connectivity index is 2.16. The highest BCUT2D eigenvalue weighted by Crippen LogP contribution is 2.39. The van der Waals surface area contributed by atoms with Crippen molar-refractivity contribution in [1.82, 2.24) is 10.2 Å². The van der Waals surface area contributed by atoms with Crippen molar-refractivity contribution in [3.63, 3.8) is 0 Å². The van der Waals surface area contributed by atoms with Gasteiger partial charge in [0.1, 0.15) is 12.4 Å². The van der Waals surface area contributed by atoms with Crippen molar-refractivity contribution in [3.05, 3.63) is 30.6 Å². The van der Waals surface area contributed by atoms with E-state index in [0.717, 1.165) is 35.7 Å². The Morgan fingerprint density at radius 2 is 2.38 bits per heavy atom. The van der Waals surface area contributed by atoms with E-state index in [0.29, 0.717) is 0 Å². The molecule has 1 aromatic heterocycles. The molecule has 1 aliphatic rings. The van der Waals surface area contributed by atoms with Crippen LogP contribution in [-0.2, 0) is 0 Å². The molecule has 0 saturated carbocycles. The minimum absolute atomic E-state index is 0.724. The van der Waals surface area contributed by atoms with Gasteiger partial charge in [-0.25, -0.2) is 0 Å². The molecular weight excluding hydrogens is 202 g/mol. The summed E-state index contributed by atoms with van der Waals surface area (Å²) in [6.45, 7) is 1.65. The van der Waals surface area contributed by atoms with Crippen LogP contribution in [0.2, 0.25) is 0 Å². The molecule has 0 atom stereocenters. The molecule has 0 spiro atoms. The third-order valence-corrected chi connectivity index (χ3v) is 2.85. The van der Waals surface area contributed by atoms with Gasteiger partial charge in [-0.2, -0.15) is 6.20 Å². The summed E-state index contributed by atoms with van der Waals surface area (Å²) >= 11 is 0. The molecule has 2 heterocycles. The van der Waals surface area contributed by atoms with Crippen LogP contribution in [-0.4, -0.2) is 25.3 Å². The number of nitrogens with zero attached hydrogens (tertiary/aromatic N) is 3. The quantitative estimate of drug-likeness (QED) is 0.721. The fraction of sp³-hybridized carbons (Fsp3) is 0.250. The van der Waals surface area contributed by atoms with Crippen molar-refractivity contribution < 1.29 is 4.74 Å². The standard InChI is InChI=1S/C12H12N3O/c1-15-5-6-16-12-10(3-2-4-11(12)15)9-7-13-14-8-9/h2-4,7-8H,5-6H2,1H3/q-1. The van der Waals surface area contributed by atoms with Crippen LogP contribution in [0.4, 0.5) is 5.69 Å². The highest BCUT2D eigenvalue weighted by atomic mass is 16.5. The summed E-state index contributed by atoms with van der Waals surface area (Å²) in [5.74, 6) is 0.936. The predicted molar refractivity (Wildman–Crippen MR) is 61.8 cm³/mol. The van der Waals surface area contributed by atoms with Crippen LogP contribution in [0.1, 0.15) is 0 Å². The molecule has 3 rings (SSSR count). The zero-order valence-corrected chi connectivity index (χ0v) is 9.05. The van der Waals surface area contributed by atoms with Gasteiger partial charge in [-0.1, -0.05) is 12.1 Å². The molecule has 0 aliphatic carbocycles. The molecule has 0 unspecified atom stereocenters. The van der Waals surface area contributed by atoms with Gasteiger partial charge < -0.3 is 19.8 Å². The average molecular weight is 214 g/mol. The molecule has 4 nitrogen and oxygen atoms in total. The van der Waals surface area contributed by atoms with Crippen LogP contribution in [0.25, 0.3) is 11.1 Å². The Labute approximate surface area is 93.8 Å². The third kappa shape index (κ3) is 1.34. The van der Waals surface area contributed by atoms with Crippen molar-refractivity contribution >= 4 is 5.69 Å². The normalized spacial score (nSPS) is 14.4. The van der Waals surface area contributed by atoms with Gasteiger partial charge in [0.25, 0.3) is 0 Å². The molecule has 1 aliphatic heterocycles. The molecule has 2 aromatic rings. The summed E-state index contributed by atoms with van der Waals surface area (Å²) in [6, 6.07) is 6.14. The second-order valence-corrected chi connectivity index (χ2v) is 3.87. The van der Waals surface area contributed by atoms with Crippen molar-refractivity contribution in [1.29, 1.82) is 0 Å². The van der Waals surface area contributed by atoms with Crippen LogP contribution in [0.5, 0.6) is 5.75 Å². The lowest BCUT2D eigenvalue weighted by Crippen LogP contribution is -2.28. The minimum atomic E-state index is 0.724. The molecule has 4 heteroatoms. The highest BCUT2D eigenvalue weighted by molar-refractivity contribution is 5.78. The number of fused-ring (bicyclic) bond motifs is 1. The van der Waals surface area contributed by atoms with Crippen LogP contribution >= 0.6 is 0 Å². The van der Waals surface area contributed by atoms with Gasteiger partial charge in [-0.15, -0.1) is 0 Å². The first-order chi connectivity index (χ1) is 7.86. The lowest BCUT2D eigenvalue weighted by Gasteiger charge is -2.29. The van der Waals surface area contributed by atoms with E-state index < -0.39 is 0 Å². The zero-order valence-electron chi connectivity index (χ0n) is 9.05. The number of rotatable bonds is 1. The number of likely N-dealkylation sites (N-methyl/N-ethyl adjacent to an activating group) is 1. The summed E-state index contributed by atoms with van der Waals surface area (Å²) in [5, 5.41) is 7.69. The fourth-order valence-corrected chi connectivity index (χ4v) is 1.97. The van der Waals surface area contributed by atoms with E-state index in [1.807, 2.05) is 12.1 Å². The first kappa shape index (κ1) is 9.27. The summed E-state index contributed by atoms with van der Waals surface area (Å²) in [7, 11) is 2.08. The molecule has 1 aromatic carbocycles.